The molecule has 3 aliphatic heterocycles. The standard InChI is InChI=1S/C21H18F6N4/c1-12-3-6-14(7-4-12)30-9-10-31-16-8-5-13(2)11-15(16)18(21(25,26)27)19(30,31)17(28-29-18)20(22,23)24/h3-8,11,29H,9-10H2,1-2H3/t18-,19-/m1/s1. The van der Waals surface area contributed by atoms with Crippen LogP contribution in [0.4, 0.5) is 37.7 Å². The monoisotopic (exact) mass is 440 g/mol. The minimum Gasteiger partial charge on any atom is -0.339 e. The third kappa shape index (κ3) is 2.25. The summed E-state index contributed by atoms with van der Waals surface area (Å²) in [6.07, 6.45) is -10.2. The lowest BCUT2D eigenvalue weighted by atomic mass is 9.77. The van der Waals surface area contributed by atoms with Gasteiger partial charge in [-0.2, -0.15) is 31.4 Å². The van der Waals surface area contributed by atoms with Crippen molar-refractivity contribution >= 4 is 17.1 Å². The molecule has 31 heavy (non-hydrogen) atoms. The van der Waals surface area contributed by atoms with Crippen LogP contribution >= 0.6 is 0 Å². The van der Waals surface area contributed by atoms with Crippen LogP contribution in [0, 0.1) is 13.8 Å². The normalized spacial score (nSPS) is 27.0. The number of aryl methyl sites for hydroxylation is 2. The molecule has 2 atom stereocenters. The molecule has 1 spiro atoms. The molecule has 1 fully saturated rings. The van der Waals surface area contributed by atoms with Gasteiger partial charge in [0.2, 0.25) is 11.2 Å². The van der Waals surface area contributed by atoms with Gasteiger partial charge in [0.1, 0.15) is 0 Å². The molecular weight excluding hydrogens is 422 g/mol. The minimum atomic E-state index is -5.08. The fourth-order valence-corrected chi connectivity index (χ4v) is 5.25. The van der Waals surface area contributed by atoms with Gasteiger partial charge < -0.3 is 9.80 Å². The van der Waals surface area contributed by atoms with Crippen molar-refractivity contribution in [2.45, 2.75) is 37.4 Å². The molecule has 0 amide bonds. The molecule has 2 aromatic carbocycles. The molecule has 5 rings (SSSR count). The lowest BCUT2D eigenvalue weighted by Crippen LogP contribution is -2.74. The summed E-state index contributed by atoms with van der Waals surface area (Å²) >= 11 is 0. The zero-order valence-electron chi connectivity index (χ0n) is 16.6. The highest BCUT2D eigenvalue weighted by molar-refractivity contribution is 6.09. The Morgan fingerprint density at radius 3 is 2.10 bits per heavy atom. The highest BCUT2D eigenvalue weighted by atomic mass is 19.4. The van der Waals surface area contributed by atoms with Crippen LogP contribution in [0.5, 0.6) is 0 Å². The Balaban J connectivity index is 1.87. The van der Waals surface area contributed by atoms with Crippen molar-refractivity contribution in [2.24, 2.45) is 5.10 Å². The van der Waals surface area contributed by atoms with Crippen molar-refractivity contribution in [3.8, 4) is 0 Å². The Bertz CT molecular complexity index is 1090. The highest BCUT2D eigenvalue weighted by Gasteiger charge is 2.85. The summed E-state index contributed by atoms with van der Waals surface area (Å²) in [5.41, 5.74) is -3.75. The van der Waals surface area contributed by atoms with Gasteiger partial charge in [0.05, 0.1) is 0 Å². The quantitative estimate of drug-likeness (QED) is 0.657. The molecule has 1 saturated heterocycles. The Hall–Kier alpha value is -2.91. The summed E-state index contributed by atoms with van der Waals surface area (Å²) in [5.74, 6) is 0. The molecule has 2 aromatic rings. The van der Waals surface area contributed by atoms with Gasteiger partial charge >= 0.3 is 12.4 Å². The van der Waals surface area contributed by atoms with E-state index in [1.165, 1.54) is 21.9 Å². The first-order chi connectivity index (χ1) is 14.4. The van der Waals surface area contributed by atoms with Crippen LogP contribution in [-0.2, 0) is 5.54 Å². The lowest BCUT2D eigenvalue weighted by molar-refractivity contribution is -0.207. The van der Waals surface area contributed by atoms with Crippen LogP contribution in [0.1, 0.15) is 16.7 Å². The molecule has 0 radical (unpaired) electrons. The van der Waals surface area contributed by atoms with Crippen molar-refractivity contribution in [3.05, 3.63) is 59.2 Å². The minimum absolute atomic E-state index is 0.0153. The van der Waals surface area contributed by atoms with Crippen molar-refractivity contribution in [2.75, 3.05) is 22.9 Å². The fourth-order valence-electron chi connectivity index (χ4n) is 5.25. The van der Waals surface area contributed by atoms with Crippen LogP contribution in [0.2, 0.25) is 0 Å². The van der Waals surface area contributed by atoms with Gasteiger partial charge in [-0.3, -0.25) is 5.43 Å². The Kier molecular flexibility index (Phi) is 3.78. The number of nitrogens with one attached hydrogen (secondary N) is 1. The maximum absolute atomic E-state index is 14.9. The molecule has 4 nitrogen and oxygen atoms in total. The number of fused-ring (bicyclic) bond motifs is 3. The van der Waals surface area contributed by atoms with Crippen molar-refractivity contribution in [1.29, 1.82) is 0 Å². The van der Waals surface area contributed by atoms with Crippen molar-refractivity contribution in [1.82, 2.24) is 5.43 Å². The maximum atomic E-state index is 14.9. The number of benzene rings is 2. The molecule has 0 bridgehead atoms. The summed E-state index contributed by atoms with van der Waals surface area (Å²) in [6, 6.07) is 10.8. The van der Waals surface area contributed by atoms with Gasteiger partial charge in [-0.25, -0.2) is 0 Å². The van der Waals surface area contributed by atoms with Gasteiger partial charge in [-0.1, -0.05) is 35.4 Å². The zero-order valence-corrected chi connectivity index (χ0v) is 16.6. The smallest absolute Gasteiger partial charge is 0.339 e. The van der Waals surface area contributed by atoms with Crippen LogP contribution in [0.25, 0.3) is 0 Å². The number of hydrogen-bond donors (Lipinski definition) is 1. The molecule has 0 unspecified atom stereocenters. The average Bonchev–Trinajstić information content (AvgIpc) is 3.28. The van der Waals surface area contributed by atoms with Crippen LogP contribution in [0.3, 0.4) is 0 Å². The highest BCUT2D eigenvalue weighted by Crippen LogP contribution is 2.64. The predicted octanol–water partition coefficient (Wildman–Crippen LogP) is 4.62. The van der Waals surface area contributed by atoms with Gasteiger partial charge in [-0.15, -0.1) is 0 Å². The van der Waals surface area contributed by atoms with E-state index in [0.717, 1.165) is 5.56 Å². The third-order valence-electron chi connectivity index (χ3n) is 6.40. The largest absolute Gasteiger partial charge is 0.435 e. The van der Waals surface area contributed by atoms with E-state index in [-0.39, 0.29) is 30.0 Å². The Morgan fingerprint density at radius 1 is 0.871 bits per heavy atom. The second kappa shape index (κ2) is 5.86. The number of alkyl halides is 6. The van der Waals surface area contributed by atoms with Crippen LogP contribution in [-0.4, -0.2) is 36.8 Å². The van der Waals surface area contributed by atoms with Gasteiger partial charge in [0.15, 0.2) is 5.71 Å². The maximum Gasteiger partial charge on any atom is 0.435 e. The number of hydrazone groups is 1. The van der Waals surface area contributed by atoms with Gasteiger partial charge in [-0.05, 0) is 32.0 Å². The molecule has 0 aromatic heterocycles. The molecule has 0 saturated carbocycles. The molecule has 164 valence electrons. The van der Waals surface area contributed by atoms with E-state index in [4.69, 9.17) is 0 Å². The molecule has 1 N–H and O–H groups in total. The number of rotatable bonds is 1. The summed E-state index contributed by atoms with van der Waals surface area (Å²) in [7, 11) is 0. The second-order valence-electron chi connectivity index (χ2n) is 8.15. The van der Waals surface area contributed by atoms with Crippen molar-refractivity contribution < 1.29 is 26.3 Å². The summed E-state index contributed by atoms with van der Waals surface area (Å²) in [4.78, 5) is 2.41. The SMILES string of the molecule is Cc1ccc(N2CCN3c4ccc(C)cc4[C@@]4(C(F)(F)F)NN=C(C(F)(F)F)[C@@]234)cc1. The molecule has 0 aliphatic carbocycles. The predicted molar refractivity (Wildman–Crippen MR) is 104 cm³/mol. The van der Waals surface area contributed by atoms with E-state index in [1.807, 2.05) is 5.43 Å². The topological polar surface area (TPSA) is 30.9 Å². The van der Waals surface area contributed by atoms with E-state index in [0.29, 0.717) is 5.56 Å². The Labute approximate surface area is 174 Å². The van der Waals surface area contributed by atoms with E-state index in [1.54, 1.807) is 44.2 Å². The second-order valence-corrected chi connectivity index (χ2v) is 8.15. The Morgan fingerprint density at radius 2 is 1.48 bits per heavy atom. The van der Waals surface area contributed by atoms with Crippen LogP contribution < -0.4 is 15.2 Å². The van der Waals surface area contributed by atoms with Gasteiger partial charge in [0, 0.05) is 30.0 Å². The average molecular weight is 440 g/mol. The number of anilines is 2. The van der Waals surface area contributed by atoms with Crippen LogP contribution in [0.15, 0.2) is 47.6 Å². The summed E-state index contributed by atoms with van der Waals surface area (Å²) < 4.78 is 87.5. The van der Waals surface area contributed by atoms with E-state index >= 15 is 0 Å². The van der Waals surface area contributed by atoms with E-state index in [9.17, 15) is 26.3 Å². The zero-order chi connectivity index (χ0) is 22.4. The number of halogens is 6. The molecule has 3 aliphatic rings. The number of nitrogens with zero attached hydrogens (tertiary/aromatic N) is 3. The number of hydrogen-bond acceptors (Lipinski definition) is 4. The first-order valence-electron chi connectivity index (χ1n) is 9.67. The fraction of sp³-hybridized carbons (Fsp3) is 0.381. The van der Waals surface area contributed by atoms with E-state index < -0.39 is 29.3 Å². The lowest BCUT2D eigenvalue weighted by Gasteiger charge is -2.48. The first kappa shape index (κ1) is 20.0. The molecule has 10 heteroatoms. The van der Waals surface area contributed by atoms with Crippen molar-refractivity contribution in [3.63, 3.8) is 0 Å². The van der Waals surface area contributed by atoms with Gasteiger partial charge in [0.25, 0.3) is 0 Å². The van der Waals surface area contributed by atoms with E-state index in [2.05, 4.69) is 5.10 Å². The summed E-state index contributed by atoms with van der Waals surface area (Å²) in [5, 5.41) is 3.32. The molecule has 3 heterocycles. The molecular formula is C21H18F6N4. The first-order valence-corrected chi connectivity index (χ1v) is 9.67. The summed E-state index contributed by atoms with van der Waals surface area (Å²) in [6.45, 7) is 3.37. The third-order valence-corrected chi connectivity index (χ3v) is 6.40.